The molecular weight excluding hydrogens is 371 g/mol. The molecule has 0 bridgehead atoms. The average Bonchev–Trinajstić information content (AvgIpc) is 2.65. The van der Waals surface area contributed by atoms with E-state index in [-0.39, 0.29) is 6.54 Å². The summed E-state index contributed by atoms with van der Waals surface area (Å²) in [6.07, 6.45) is 30.4. The molecule has 0 aromatic rings. The van der Waals surface area contributed by atoms with Crippen LogP contribution in [0.5, 0.6) is 0 Å². The van der Waals surface area contributed by atoms with Crippen molar-refractivity contribution in [3.63, 3.8) is 0 Å². The molecule has 0 unspecified atom stereocenters. The van der Waals surface area contributed by atoms with E-state index in [9.17, 15) is 4.57 Å². The van der Waals surface area contributed by atoms with Crippen molar-refractivity contribution in [1.29, 1.82) is 0 Å². The smallest absolute Gasteiger partial charge is 0.315 e. The summed E-state index contributed by atoms with van der Waals surface area (Å²) in [4.78, 5) is 17.3. The van der Waals surface area contributed by atoms with Crippen molar-refractivity contribution < 1.29 is 14.4 Å². The van der Waals surface area contributed by atoms with Crippen LogP contribution < -0.4 is 10.4 Å². The van der Waals surface area contributed by atoms with Crippen molar-refractivity contribution in [2.24, 2.45) is 0 Å². The minimum atomic E-state index is -4.07. The van der Waals surface area contributed by atoms with Crippen molar-refractivity contribution >= 4 is 7.75 Å². The van der Waals surface area contributed by atoms with Gasteiger partial charge >= 0.3 is 7.75 Å². The van der Waals surface area contributed by atoms with Gasteiger partial charge in [-0.1, -0.05) is 67.7 Å². The maximum atomic E-state index is 10.6. The largest absolute Gasteiger partial charge is 0.400 e. The van der Waals surface area contributed by atoms with Crippen LogP contribution in [0.4, 0.5) is 0 Å². The van der Waals surface area contributed by atoms with Crippen LogP contribution in [0.2, 0.25) is 0 Å². The van der Waals surface area contributed by atoms with Gasteiger partial charge in [-0.15, -0.1) is 0 Å². The first-order chi connectivity index (χ1) is 13.6. The molecule has 0 spiro atoms. The van der Waals surface area contributed by atoms with Gasteiger partial charge in [-0.25, -0.2) is 9.65 Å². The maximum Gasteiger partial charge on any atom is 0.400 e. The van der Waals surface area contributed by atoms with Crippen molar-refractivity contribution in [2.75, 3.05) is 19.6 Å². The average molecular weight is 411 g/mol. The second-order valence-electron chi connectivity index (χ2n) is 6.41. The summed E-state index contributed by atoms with van der Waals surface area (Å²) in [5.41, 5.74) is 0. The molecule has 0 fully saturated rings. The number of rotatable bonds is 18. The molecule has 0 rings (SSSR count). The highest BCUT2D eigenvalue weighted by atomic mass is 31.2. The van der Waals surface area contributed by atoms with Gasteiger partial charge < -0.3 is 15.1 Å². The zero-order valence-corrected chi connectivity index (χ0v) is 18.2. The van der Waals surface area contributed by atoms with E-state index in [1.165, 1.54) is 0 Å². The van der Waals surface area contributed by atoms with E-state index in [1.807, 2.05) is 0 Å². The minimum Gasteiger partial charge on any atom is -0.315 e. The Labute approximate surface area is 171 Å². The van der Waals surface area contributed by atoms with Gasteiger partial charge in [-0.2, -0.15) is 0 Å². The van der Waals surface area contributed by atoms with Gasteiger partial charge in [0.1, 0.15) is 0 Å². The van der Waals surface area contributed by atoms with Gasteiger partial charge in [0, 0.05) is 13.1 Å². The summed E-state index contributed by atoms with van der Waals surface area (Å²) < 4.78 is 10.6. The lowest BCUT2D eigenvalue weighted by Crippen LogP contribution is -2.26. The van der Waals surface area contributed by atoms with Crippen LogP contribution in [-0.2, 0) is 4.57 Å². The van der Waals surface area contributed by atoms with E-state index < -0.39 is 7.75 Å². The number of nitrogens with one attached hydrogen (secondary N) is 2. The first-order valence-electron chi connectivity index (χ1n) is 10.3. The van der Waals surface area contributed by atoms with E-state index in [0.29, 0.717) is 6.54 Å². The molecule has 0 saturated heterocycles. The van der Waals surface area contributed by atoms with Crippen LogP contribution in [0.15, 0.2) is 60.8 Å². The SMILES string of the molecule is CC/C=C\CC=CCC=CC/C=C\C/C=C\CCCCNCCNP(=O)(O)O. The lowest BCUT2D eigenvalue weighted by atomic mass is 10.2. The molecule has 0 aliphatic heterocycles. The molecule has 0 aliphatic carbocycles. The van der Waals surface area contributed by atoms with Gasteiger partial charge in [0.2, 0.25) is 0 Å². The Morgan fingerprint density at radius 2 is 1.18 bits per heavy atom. The summed E-state index contributed by atoms with van der Waals surface area (Å²) in [6, 6.07) is 0. The predicted octanol–water partition coefficient (Wildman–Crippen LogP) is 5.18. The molecule has 0 aromatic carbocycles. The van der Waals surface area contributed by atoms with Gasteiger partial charge in [-0.3, -0.25) is 0 Å². The zero-order chi connectivity index (χ0) is 20.8. The Morgan fingerprint density at radius 3 is 1.68 bits per heavy atom. The fraction of sp³-hybridized carbons (Fsp3) is 0.545. The van der Waals surface area contributed by atoms with Gasteiger partial charge in [-0.05, 0) is 57.9 Å². The summed E-state index contributed by atoms with van der Waals surface area (Å²) in [6.45, 7) is 3.86. The third-order valence-corrected chi connectivity index (χ3v) is 4.39. The van der Waals surface area contributed by atoms with Gasteiger partial charge in [0.15, 0.2) is 0 Å². The number of allylic oxidation sites excluding steroid dienone is 10. The van der Waals surface area contributed by atoms with Crippen LogP contribution in [0.25, 0.3) is 0 Å². The molecule has 0 saturated carbocycles. The van der Waals surface area contributed by atoms with E-state index >= 15 is 0 Å². The van der Waals surface area contributed by atoms with E-state index in [2.05, 4.69) is 78.1 Å². The molecule has 6 heteroatoms. The molecule has 0 atom stereocenters. The topological polar surface area (TPSA) is 81.6 Å². The van der Waals surface area contributed by atoms with E-state index in [0.717, 1.165) is 57.9 Å². The Morgan fingerprint density at radius 1 is 0.679 bits per heavy atom. The molecule has 28 heavy (non-hydrogen) atoms. The second kappa shape index (κ2) is 20.5. The molecule has 0 aliphatic rings. The molecular formula is C22H39N2O3P. The third kappa shape index (κ3) is 24.8. The first-order valence-corrected chi connectivity index (χ1v) is 11.9. The molecule has 4 N–H and O–H groups in total. The summed E-state index contributed by atoms with van der Waals surface area (Å²) >= 11 is 0. The molecule has 160 valence electrons. The Kier molecular flexibility index (Phi) is 19.6. The monoisotopic (exact) mass is 410 g/mol. The normalized spacial score (nSPS) is 13.4. The highest BCUT2D eigenvalue weighted by molar-refractivity contribution is 7.49. The Bertz CT molecular complexity index is 534. The molecule has 0 radical (unpaired) electrons. The van der Waals surface area contributed by atoms with E-state index in [4.69, 9.17) is 9.79 Å². The van der Waals surface area contributed by atoms with Crippen LogP contribution >= 0.6 is 7.75 Å². The van der Waals surface area contributed by atoms with Crippen LogP contribution in [0.3, 0.4) is 0 Å². The van der Waals surface area contributed by atoms with Gasteiger partial charge in [0.05, 0.1) is 0 Å². The molecule has 0 aromatic heterocycles. The molecule has 0 heterocycles. The Hall–Kier alpha value is -1.23. The lowest BCUT2D eigenvalue weighted by molar-refractivity contribution is 0.357. The van der Waals surface area contributed by atoms with Gasteiger partial charge in [0.25, 0.3) is 0 Å². The summed E-state index contributed by atoms with van der Waals surface area (Å²) in [5, 5.41) is 5.32. The first kappa shape index (κ1) is 26.8. The standard InChI is InChI=1S/C22H39N2O3P/c1-2-3-4-5-6-7-8-9-10-11-12-13-14-15-16-17-18-19-20-23-21-22-24-28(25,26)27/h3-4,6-7,9-10,12-13,15-16,23H,2,5,8,11,14,17-22H2,1H3,(H3,24,25,26,27)/b4-3-,7-6?,10-9?,13-12-,16-15-. The summed E-state index contributed by atoms with van der Waals surface area (Å²) in [5.74, 6) is 0. The van der Waals surface area contributed by atoms with Crippen molar-refractivity contribution in [1.82, 2.24) is 10.4 Å². The quantitative estimate of drug-likeness (QED) is 0.142. The number of hydrogen-bond donors (Lipinski definition) is 4. The fourth-order valence-electron chi connectivity index (χ4n) is 2.30. The maximum absolute atomic E-state index is 10.6. The Balaban J connectivity index is 3.39. The van der Waals surface area contributed by atoms with Crippen molar-refractivity contribution in [2.45, 2.75) is 58.3 Å². The highest BCUT2D eigenvalue weighted by Gasteiger charge is 2.09. The third-order valence-electron chi connectivity index (χ3n) is 3.75. The fourth-order valence-corrected chi connectivity index (χ4v) is 2.70. The minimum absolute atomic E-state index is 0.277. The van der Waals surface area contributed by atoms with Crippen molar-refractivity contribution in [3.05, 3.63) is 60.8 Å². The number of unbranched alkanes of at least 4 members (excludes halogenated alkanes) is 2. The molecule has 0 amide bonds. The second-order valence-corrected chi connectivity index (χ2v) is 7.81. The highest BCUT2D eigenvalue weighted by Crippen LogP contribution is 2.26. The van der Waals surface area contributed by atoms with Crippen LogP contribution in [0, 0.1) is 0 Å². The zero-order valence-electron chi connectivity index (χ0n) is 17.3. The van der Waals surface area contributed by atoms with Crippen LogP contribution in [0.1, 0.15) is 58.3 Å². The predicted molar refractivity (Wildman–Crippen MR) is 121 cm³/mol. The van der Waals surface area contributed by atoms with Crippen molar-refractivity contribution in [3.8, 4) is 0 Å². The lowest BCUT2D eigenvalue weighted by Gasteiger charge is -2.07. The number of hydrogen-bond acceptors (Lipinski definition) is 2. The molecule has 5 nitrogen and oxygen atoms in total. The summed E-state index contributed by atoms with van der Waals surface area (Å²) in [7, 11) is -4.07. The van der Waals surface area contributed by atoms with E-state index in [1.54, 1.807) is 0 Å². The van der Waals surface area contributed by atoms with Crippen LogP contribution in [-0.4, -0.2) is 29.4 Å².